The van der Waals surface area contributed by atoms with Gasteiger partial charge in [-0.15, -0.1) is 0 Å². The Morgan fingerprint density at radius 1 is 1.20 bits per heavy atom. The Bertz CT molecular complexity index is 662. The third-order valence-electron chi connectivity index (χ3n) is 2.58. The van der Waals surface area contributed by atoms with E-state index >= 15 is 0 Å². The molecular weight excluding hydrogens is 332 g/mol. The van der Waals surface area contributed by atoms with Crippen molar-refractivity contribution >= 4 is 27.5 Å². The van der Waals surface area contributed by atoms with Crippen LogP contribution in [0.3, 0.4) is 0 Å². The molecule has 3 nitrogen and oxygen atoms in total. The lowest BCUT2D eigenvalue weighted by molar-refractivity contribution is 0.102. The van der Waals surface area contributed by atoms with Gasteiger partial charge in [-0.2, -0.15) is 0 Å². The number of anilines is 1. The van der Waals surface area contributed by atoms with Gasteiger partial charge in [0.05, 0.1) is 18.4 Å². The minimum atomic E-state index is -0.794. The van der Waals surface area contributed by atoms with Crippen molar-refractivity contribution in [3.8, 4) is 5.75 Å². The summed E-state index contributed by atoms with van der Waals surface area (Å²) in [6, 6.07) is 7.68. The molecule has 0 radical (unpaired) electrons. The summed E-state index contributed by atoms with van der Waals surface area (Å²) in [7, 11) is 1.45. The van der Waals surface area contributed by atoms with Gasteiger partial charge in [-0.05, 0) is 36.4 Å². The maximum atomic E-state index is 13.5. The highest BCUT2D eigenvalue weighted by Crippen LogP contribution is 2.28. The molecule has 1 N–H and O–H groups in total. The van der Waals surface area contributed by atoms with E-state index in [1.807, 2.05) is 0 Å². The Morgan fingerprint density at radius 3 is 2.65 bits per heavy atom. The molecule has 0 aliphatic carbocycles. The molecule has 0 fully saturated rings. The van der Waals surface area contributed by atoms with Crippen molar-refractivity contribution in [2.75, 3.05) is 12.4 Å². The molecule has 2 aromatic rings. The van der Waals surface area contributed by atoms with E-state index in [9.17, 15) is 13.6 Å². The average molecular weight is 342 g/mol. The topological polar surface area (TPSA) is 38.3 Å². The first-order chi connectivity index (χ1) is 9.51. The predicted molar refractivity (Wildman–Crippen MR) is 75.0 cm³/mol. The first-order valence-corrected chi connectivity index (χ1v) is 6.40. The molecule has 0 spiro atoms. The molecule has 2 rings (SSSR count). The van der Waals surface area contributed by atoms with Crippen LogP contribution in [0.2, 0.25) is 0 Å². The van der Waals surface area contributed by atoms with Crippen LogP contribution in [0.25, 0.3) is 0 Å². The van der Waals surface area contributed by atoms with E-state index in [0.717, 1.165) is 18.2 Å². The number of carbonyl (C=O) groups is 1. The smallest absolute Gasteiger partial charge is 0.258 e. The maximum absolute atomic E-state index is 13.5. The zero-order valence-electron chi connectivity index (χ0n) is 10.4. The number of halogens is 3. The van der Waals surface area contributed by atoms with E-state index in [-0.39, 0.29) is 5.56 Å². The van der Waals surface area contributed by atoms with Gasteiger partial charge >= 0.3 is 0 Å². The molecule has 6 heteroatoms. The fourth-order valence-electron chi connectivity index (χ4n) is 1.64. The molecule has 2 aromatic carbocycles. The monoisotopic (exact) mass is 341 g/mol. The second kappa shape index (κ2) is 6.00. The predicted octanol–water partition coefficient (Wildman–Crippen LogP) is 3.99. The lowest BCUT2D eigenvalue weighted by Gasteiger charge is -2.11. The fraction of sp³-hybridized carbons (Fsp3) is 0.0714. The van der Waals surface area contributed by atoms with E-state index in [4.69, 9.17) is 4.74 Å². The largest absolute Gasteiger partial charge is 0.495 e. The molecule has 104 valence electrons. The lowest BCUT2D eigenvalue weighted by atomic mass is 10.2. The van der Waals surface area contributed by atoms with Crippen LogP contribution < -0.4 is 10.1 Å². The normalized spacial score (nSPS) is 10.2. The first-order valence-electron chi connectivity index (χ1n) is 5.61. The summed E-state index contributed by atoms with van der Waals surface area (Å²) < 4.78 is 32.4. The number of ether oxygens (including phenoxy) is 1. The lowest BCUT2D eigenvalue weighted by Crippen LogP contribution is -2.14. The molecule has 0 unspecified atom stereocenters. The Kier molecular flexibility index (Phi) is 4.34. The summed E-state index contributed by atoms with van der Waals surface area (Å²) in [5.74, 6) is -1.81. The fourth-order valence-corrected chi connectivity index (χ4v) is 2.00. The van der Waals surface area contributed by atoms with Crippen molar-refractivity contribution < 1.29 is 18.3 Å². The highest BCUT2D eigenvalue weighted by atomic mass is 79.9. The van der Waals surface area contributed by atoms with E-state index < -0.39 is 17.5 Å². The Labute approximate surface area is 122 Å². The van der Waals surface area contributed by atoms with Crippen LogP contribution in [-0.2, 0) is 0 Å². The van der Waals surface area contributed by atoms with Crippen molar-refractivity contribution in [1.29, 1.82) is 0 Å². The van der Waals surface area contributed by atoms with Gasteiger partial charge in [0, 0.05) is 4.47 Å². The SMILES string of the molecule is COc1ccc(Br)cc1NC(=O)c1cc(F)ccc1F. The number of nitrogens with one attached hydrogen (secondary N) is 1. The summed E-state index contributed by atoms with van der Waals surface area (Å²) >= 11 is 3.26. The van der Waals surface area contributed by atoms with Crippen LogP contribution in [0.4, 0.5) is 14.5 Å². The molecule has 0 aromatic heterocycles. The number of methoxy groups -OCH3 is 1. The average Bonchev–Trinajstić information content (AvgIpc) is 2.41. The molecule has 20 heavy (non-hydrogen) atoms. The van der Waals surface area contributed by atoms with Crippen LogP contribution in [-0.4, -0.2) is 13.0 Å². The molecular formula is C14H10BrF2NO2. The van der Waals surface area contributed by atoms with E-state index in [2.05, 4.69) is 21.2 Å². The van der Waals surface area contributed by atoms with Crippen molar-refractivity contribution in [3.63, 3.8) is 0 Å². The highest BCUT2D eigenvalue weighted by Gasteiger charge is 2.15. The van der Waals surface area contributed by atoms with Gasteiger partial charge in [0.1, 0.15) is 17.4 Å². The molecule has 0 heterocycles. The third-order valence-corrected chi connectivity index (χ3v) is 3.08. The van der Waals surface area contributed by atoms with Crippen LogP contribution in [0.15, 0.2) is 40.9 Å². The second-order valence-electron chi connectivity index (χ2n) is 3.92. The zero-order valence-corrected chi connectivity index (χ0v) is 12.0. The number of amides is 1. The van der Waals surface area contributed by atoms with Crippen molar-refractivity contribution in [2.45, 2.75) is 0 Å². The minimum absolute atomic E-state index is 0.357. The molecule has 0 bridgehead atoms. The first kappa shape index (κ1) is 14.5. The second-order valence-corrected chi connectivity index (χ2v) is 4.84. The summed E-state index contributed by atoms with van der Waals surface area (Å²) in [4.78, 5) is 12.0. The number of carbonyl (C=O) groups excluding carboxylic acids is 1. The van der Waals surface area contributed by atoms with Crippen LogP contribution in [0.5, 0.6) is 5.75 Å². The van der Waals surface area contributed by atoms with E-state index in [1.165, 1.54) is 7.11 Å². The summed E-state index contributed by atoms with van der Waals surface area (Å²) in [5, 5.41) is 2.49. The van der Waals surface area contributed by atoms with Crippen molar-refractivity contribution in [2.24, 2.45) is 0 Å². The van der Waals surface area contributed by atoms with Gasteiger partial charge in [0.15, 0.2) is 0 Å². The zero-order chi connectivity index (χ0) is 14.7. The van der Waals surface area contributed by atoms with Gasteiger partial charge in [-0.25, -0.2) is 8.78 Å². The molecule has 0 atom stereocenters. The van der Waals surface area contributed by atoms with Gasteiger partial charge in [0.25, 0.3) is 5.91 Å². The Morgan fingerprint density at radius 2 is 1.95 bits per heavy atom. The standard InChI is InChI=1S/C14H10BrF2NO2/c1-20-13-5-2-8(15)6-12(13)18-14(19)10-7-9(16)3-4-11(10)17/h2-7H,1H3,(H,18,19). The minimum Gasteiger partial charge on any atom is -0.495 e. The molecule has 0 saturated carbocycles. The summed E-state index contributed by atoms with van der Waals surface area (Å²) in [6.45, 7) is 0. The van der Waals surface area contributed by atoms with Gasteiger partial charge < -0.3 is 10.1 Å². The number of rotatable bonds is 3. The third kappa shape index (κ3) is 3.14. The van der Waals surface area contributed by atoms with Gasteiger partial charge in [-0.1, -0.05) is 15.9 Å². The van der Waals surface area contributed by atoms with E-state index in [0.29, 0.717) is 15.9 Å². The van der Waals surface area contributed by atoms with Crippen LogP contribution in [0, 0.1) is 11.6 Å². The quantitative estimate of drug-likeness (QED) is 0.916. The number of benzene rings is 2. The molecule has 0 saturated heterocycles. The Balaban J connectivity index is 2.32. The highest BCUT2D eigenvalue weighted by molar-refractivity contribution is 9.10. The maximum Gasteiger partial charge on any atom is 0.258 e. The van der Waals surface area contributed by atoms with Crippen molar-refractivity contribution in [1.82, 2.24) is 0 Å². The van der Waals surface area contributed by atoms with Gasteiger partial charge in [0.2, 0.25) is 0 Å². The number of hydrogen-bond acceptors (Lipinski definition) is 2. The van der Waals surface area contributed by atoms with Crippen LogP contribution >= 0.6 is 15.9 Å². The van der Waals surface area contributed by atoms with Gasteiger partial charge in [-0.3, -0.25) is 4.79 Å². The summed E-state index contributed by atoms with van der Waals surface area (Å²) in [5.41, 5.74) is -0.0115. The molecule has 0 aliphatic heterocycles. The number of hydrogen-bond donors (Lipinski definition) is 1. The summed E-state index contributed by atoms with van der Waals surface area (Å²) in [6.07, 6.45) is 0. The van der Waals surface area contributed by atoms with Crippen molar-refractivity contribution in [3.05, 3.63) is 58.1 Å². The Hall–Kier alpha value is -1.95. The van der Waals surface area contributed by atoms with E-state index in [1.54, 1.807) is 18.2 Å². The molecule has 1 amide bonds. The molecule has 0 aliphatic rings. The van der Waals surface area contributed by atoms with Crippen LogP contribution in [0.1, 0.15) is 10.4 Å².